The van der Waals surface area contributed by atoms with E-state index in [4.69, 9.17) is 19.2 Å². The largest absolute Gasteiger partial charge is 0.668 e. The van der Waals surface area contributed by atoms with Gasteiger partial charge in [0.2, 0.25) is 0 Å². The SMILES string of the molecule is O[Si](O)(O)O.[AlH3].[B].[Ti]. The molecule has 0 heterocycles. The first-order chi connectivity index (χ1) is 2.00. The first-order valence-electron chi connectivity index (χ1n) is 0.894. The van der Waals surface area contributed by atoms with Crippen molar-refractivity contribution in [1.29, 1.82) is 0 Å². The van der Waals surface area contributed by atoms with E-state index in [-0.39, 0.29) is 47.5 Å². The Morgan fingerprint density at radius 3 is 0.875 bits per heavy atom. The van der Waals surface area contributed by atoms with Crippen LogP contribution < -0.4 is 0 Å². The normalized spacial score (nSPS) is 7.50. The quantitative estimate of drug-likeness (QED) is 0.288. The van der Waals surface area contributed by atoms with Gasteiger partial charge < -0.3 is 19.2 Å². The summed E-state index contributed by atoms with van der Waals surface area (Å²) < 4.78 is 0. The predicted octanol–water partition coefficient (Wildman–Crippen LogP) is -4.18. The average Bonchev–Trinajstić information content (AvgIpc) is 0.722. The van der Waals surface area contributed by atoms with Crippen molar-refractivity contribution >= 4 is 34.8 Å². The fraction of sp³-hybridized carbons (Fsp3) is 0. The number of hydrogen-bond acceptors (Lipinski definition) is 4. The Kier molecular flexibility index (Phi) is 23.8. The van der Waals surface area contributed by atoms with Gasteiger partial charge in [0.05, 0.1) is 0 Å². The van der Waals surface area contributed by atoms with E-state index >= 15 is 0 Å². The maximum atomic E-state index is 7.33. The molecule has 0 aromatic rings. The van der Waals surface area contributed by atoms with E-state index in [1.54, 1.807) is 0 Å². The zero-order chi connectivity index (χ0) is 4.50. The molecule has 45 valence electrons. The topological polar surface area (TPSA) is 80.9 Å². The predicted molar refractivity (Wildman–Crippen MR) is 30.3 cm³/mol. The first-order valence-corrected chi connectivity index (χ1v) is 2.68. The Hall–Kier alpha value is 1.37. The molecular weight excluding hydrogens is 178 g/mol. The zero-order valence-corrected chi connectivity index (χ0v) is 5.93. The Bertz CT molecular complexity index is 31.5. The van der Waals surface area contributed by atoms with Crippen LogP contribution in [0, 0.1) is 0 Å². The summed E-state index contributed by atoms with van der Waals surface area (Å²) in [5.41, 5.74) is 0. The van der Waals surface area contributed by atoms with E-state index in [2.05, 4.69) is 0 Å². The molecule has 0 amide bonds. The van der Waals surface area contributed by atoms with Gasteiger partial charge in [0, 0.05) is 30.1 Å². The van der Waals surface area contributed by atoms with Gasteiger partial charge in [-0.1, -0.05) is 0 Å². The van der Waals surface area contributed by atoms with Gasteiger partial charge in [-0.05, 0) is 0 Å². The maximum Gasteiger partial charge on any atom is 0.668 e. The molecule has 3 radical (unpaired) electrons. The minimum atomic E-state index is -4.61. The maximum absolute atomic E-state index is 7.33. The average molecular weight is 185 g/mol. The molecule has 0 bridgehead atoms. The Labute approximate surface area is 75.6 Å². The summed E-state index contributed by atoms with van der Waals surface area (Å²) in [7, 11) is -4.61. The van der Waals surface area contributed by atoms with E-state index in [1.165, 1.54) is 0 Å². The summed E-state index contributed by atoms with van der Waals surface area (Å²) in [6, 6.07) is 0. The Morgan fingerprint density at radius 1 is 0.875 bits per heavy atom. The summed E-state index contributed by atoms with van der Waals surface area (Å²) in [5.74, 6) is 0. The van der Waals surface area contributed by atoms with Gasteiger partial charge in [-0.3, -0.25) is 0 Å². The van der Waals surface area contributed by atoms with Crippen molar-refractivity contribution in [2.45, 2.75) is 0 Å². The molecule has 0 saturated heterocycles. The van der Waals surface area contributed by atoms with Crippen LogP contribution >= 0.6 is 0 Å². The molecule has 0 spiro atoms. The second kappa shape index (κ2) is 8.37. The summed E-state index contributed by atoms with van der Waals surface area (Å²) in [5, 5.41) is 0. The summed E-state index contributed by atoms with van der Waals surface area (Å²) >= 11 is 0. The molecule has 0 aliphatic carbocycles. The smallest absolute Gasteiger partial charge is 0.368 e. The zero-order valence-electron chi connectivity index (χ0n) is 3.37. The molecule has 0 atom stereocenters. The monoisotopic (exact) mass is 185 g/mol. The molecular formula is H7AlBO4SiTi. The van der Waals surface area contributed by atoms with Gasteiger partial charge in [0.15, 0.2) is 17.4 Å². The van der Waals surface area contributed by atoms with E-state index < -0.39 is 9.05 Å². The van der Waals surface area contributed by atoms with Crippen LogP contribution in [0.15, 0.2) is 0 Å². The minimum Gasteiger partial charge on any atom is -0.368 e. The Balaban J connectivity index is -0.0000000267. The molecule has 0 unspecified atom stereocenters. The van der Waals surface area contributed by atoms with Crippen molar-refractivity contribution in [3.05, 3.63) is 0 Å². The molecule has 4 nitrogen and oxygen atoms in total. The summed E-state index contributed by atoms with van der Waals surface area (Å²) in [4.78, 5) is 29.3. The van der Waals surface area contributed by atoms with Crippen LogP contribution in [0.25, 0.3) is 0 Å². The van der Waals surface area contributed by atoms with Gasteiger partial charge in [0.25, 0.3) is 0 Å². The standard InChI is InChI=1S/Al.B.H4O4Si.Ti.3H/c;;1-5(2,3)4;;;;/h;;1-4H;;;;. The summed E-state index contributed by atoms with van der Waals surface area (Å²) in [6.45, 7) is 0. The van der Waals surface area contributed by atoms with Crippen LogP contribution in [0.2, 0.25) is 0 Å². The van der Waals surface area contributed by atoms with Crippen LogP contribution in [-0.2, 0) is 21.7 Å². The molecule has 0 aromatic heterocycles. The molecule has 4 N–H and O–H groups in total. The van der Waals surface area contributed by atoms with Crippen molar-refractivity contribution in [2.24, 2.45) is 0 Å². The van der Waals surface area contributed by atoms with Gasteiger partial charge in [-0.25, -0.2) is 0 Å². The van der Waals surface area contributed by atoms with Gasteiger partial charge in [-0.15, -0.1) is 0 Å². The van der Waals surface area contributed by atoms with Gasteiger partial charge >= 0.3 is 9.05 Å². The summed E-state index contributed by atoms with van der Waals surface area (Å²) in [6.07, 6.45) is 0. The van der Waals surface area contributed by atoms with Crippen LogP contribution in [0.5, 0.6) is 0 Å². The van der Waals surface area contributed by atoms with Crippen LogP contribution in [0.3, 0.4) is 0 Å². The molecule has 0 saturated carbocycles. The number of rotatable bonds is 0. The van der Waals surface area contributed by atoms with E-state index in [0.29, 0.717) is 0 Å². The van der Waals surface area contributed by atoms with Crippen molar-refractivity contribution in [3.8, 4) is 0 Å². The molecule has 0 rings (SSSR count). The fourth-order valence-corrected chi connectivity index (χ4v) is 0. The molecule has 0 aliphatic rings. The van der Waals surface area contributed by atoms with Gasteiger partial charge in [-0.2, -0.15) is 0 Å². The Morgan fingerprint density at radius 2 is 0.875 bits per heavy atom. The number of hydrogen-bond donors (Lipinski definition) is 4. The van der Waals surface area contributed by atoms with Crippen LogP contribution in [0.4, 0.5) is 0 Å². The molecule has 0 fully saturated rings. The van der Waals surface area contributed by atoms with Crippen LogP contribution in [0.1, 0.15) is 0 Å². The third-order valence-corrected chi connectivity index (χ3v) is 0. The van der Waals surface area contributed by atoms with E-state index in [0.717, 1.165) is 0 Å². The third-order valence-electron chi connectivity index (χ3n) is 0. The fourth-order valence-electron chi connectivity index (χ4n) is 0. The van der Waals surface area contributed by atoms with Crippen molar-refractivity contribution in [3.63, 3.8) is 0 Å². The van der Waals surface area contributed by atoms with E-state index in [9.17, 15) is 0 Å². The molecule has 8 heavy (non-hydrogen) atoms. The minimum absolute atomic E-state index is 0. The van der Waals surface area contributed by atoms with Crippen molar-refractivity contribution in [2.75, 3.05) is 0 Å². The third kappa shape index (κ3) is 160. The van der Waals surface area contributed by atoms with E-state index in [1.807, 2.05) is 0 Å². The van der Waals surface area contributed by atoms with Gasteiger partial charge in [0.1, 0.15) is 0 Å². The second-order valence-electron chi connectivity index (χ2n) is 0.600. The van der Waals surface area contributed by atoms with Crippen molar-refractivity contribution in [1.82, 2.24) is 0 Å². The second-order valence-corrected chi connectivity index (χ2v) is 1.80. The van der Waals surface area contributed by atoms with Crippen LogP contribution in [-0.4, -0.2) is 54.0 Å². The molecule has 0 aliphatic heterocycles. The first kappa shape index (κ1) is 22.8. The molecule has 0 aromatic carbocycles. The molecule has 8 heteroatoms. The van der Waals surface area contributed by atoms with Crippen molar-refractivity contribution < 1.29 is 40.9 Å².